The molecule has 4 aromatic rings. The molecule has 0 aliphatic heterocycles. The largest absolute Gasteiger partial charge is 0.457 e. The molecule has 3 N–H and O–H groups in total. The fourth-order valence-corrected chi connectivity index (χ4v) is 2.77. The average Bonchev–Trinajstić information content (AvgIpc) is 2.73. The fourth-order valence-electron chi connectivity index (χ4n) is 2.42. The van der Waals surface area contributed by atoms with Gasteiger partial charge in [0, 0.05) is 5.69 Å². The summed E-state index contributed by atoms with van der Waals surface area (Å²) in [6, 6.07) is 16.7. The van der Waals surface area contributed by atoms with Crippen LogP contribution in [0.2, 0.25) is 10.6 Å². The first-order chi connectivity index (χ1) is 15.0. The van der Waals surface area contributed by atoms with Crippen molar-refractivity contribution in [2.45, 2.75) is 6.61 Å². The monoisotopic (exact) mass is 456 g/mol. The second-order valence-corrected chi connectivity index (χ2v) is 6.62. The van der Waals surface area contributed by atoms with E-state index in [1.165, 1.54) is 0 Å². The third kappa shape index (κ3) is 5.87. The van der Waals surface area contributed by atoms with E-state index in [0.717, 1.165) is 11.4 Å². The Kier molecular flexibility index (Phi) is 6.20. The summed E-state index contributed by atoms with van der Waals surface area (Å²) in [5.41, 5.74) is 6.51. The van der Waals surface area contributed by atoms with E-state index in [9.17, 15) is 0 Å². The molecule has 2 heterocycles. The van der Waals surface area contributed by atoms with Gasteiger partial charge in [-0.15, -0.1) is 0 Å². The van der Waals surface area contributed by atoms with Gasteiger partial charge in [-0.25, -0.2) is 0 Å². The Hall–Kier alpha value is -3.76. The predicted octanol–water partition coefficient (Wildman–Crippen LogP) is 4.06. The van der Waals surface area contributed by atoms with Crippen LogP contribution in [0.4, 0.5) is 17.6 Å². The molecule has 0 aliphatic carbocycles. The zero-order valence-electron chi connectivity index (χ0n) is 15.7. The lowest BCUT2D eigenvalue weighted by Crippen LogP contribution is -2.10. The predicted molar refractivity (Wildman–Crippen MR) is 115 cm³/mol. The van der Waals surface area contributed by atoms with Gasteiger partial charge in [-0.1, -0.05) is 18.2 Å². The third-order valence-corrected chi connectivity index (χ3v) is 4.02. The minimum absolute atomic E-state index is 0.0202. The van der Waals surface area contributed by atoms with Gasteiger partial charge in [-0.2, -0.15) is 29.9 Å². The van der Waals surface area contributed by atoms with Crippen LogP contribution in [0.15, 0.2) is 54.6 Å². The van der Waals surface area contributed by atoms with Crippen LogP contribution in [0.1, 0.15) is 5.82 Å². The minimum Gasteiger partial charge on any atom is -0.457 e. The highest BCUT2D eigenvalue weighted by Crippen LogP contribution is 2.23. The molecule has 12 heteroatoms. The van der Waals surface area contributed by atoms with E-state index in [0.29, 0.717) is 5.75 Å². The average molecular weight is 457 g/mol. The summed E-state index contributed by atoms with van der Waals surface area (Å²) in [6.07, 6.45) is 0. The topological polar surface area (TPSA) is 134 Å². The molecule has 2 aromatic carbocycles. The van der Waals surface area contributed by atoms with Gasteiger partial charge in [0.2, 0.25) is 22.5 Å². The normalized spacial score (nSPS) is 10.5. The maximum atomic E-state index is 5.78. The minimum atomic E-state index is -0.0905. The molecule has 0 saturated carbocycles. The number of nitrogens with two attached hydrogens (primary N) is 1. The van der Waals surface area contributed by atoms with Gasteiger partial charge in [0.25, 0.3) is 0 Å². The lowest BCUT2D eigenvalue weighted by atomic mass is 10.3. The standard InChI is InChI=1S/C19H14Cl2N8O2/c20-15-26-16(21)28-19(27-15)30-10-14-24-17(22)29-18(25-14)23-11-6-8-13(9-7-11)31-12-4-2-1-3-5-12/h1-9H,10H2,(H3,22,23,24,25,29). The van der Waals surface area contributed by atoms with Crippen LogP contribution >= 0.6 is 23.2 Å². The van der Waals surface area contributed by atoms with Crippen molar-refractivity contribution in [3.8, 4) is 17.5 Å². The molecule has 0 fully saturated rings. The number of para-hydroxylation sites is 1. The van der Waals surface area contributed by atoms with Gasteiger partial charge in [-0.3, -0.25) is 0 Å². The van der Waals surface area contributed by atoms with Crippen molar-refractivity contribution >= 4 is 40.8 Å². The molecule has 31 heavy (non-hydrogen) atoms. The third-order valence-electron chi connectivity index (χ3n) is 3.68. The van der Waals surface area contributed by atoms with Gasteiger partial charge in [0.15, 0.2) is 12.4 Å². The first-order valence-corrected chi connectivity index (χ1v) is 9.59. The SMILES string of the molecule is Nc1nc(COc2nc(Cl)nc(Cl)n2)nc(Nc2ccc(Oc3ccccc3)cc2)n1. The molecule has 0 unspecified atom stereocenters. The van der Waals surface area contributed by atoms with Crippen molar-refractivity contribution in [1.29, 1.82) is 0 Å². The van der Waals surface area contributed by atoms with Crippen LogP contribution in [0.3, 0.4) is 0 Å². The van der Waals surface area contributed by atoms with E-state index in [-0.39, 0.29) is 40.9 Å². The summed E-state index contributed by atoms with van der Waals surface area (Å²) < 4.78 is 11.2. The van der Waals surface area contributed by atoms with E-state index >= 15 is 0 Å². The fraction of sp³-hybridized carbons (Fsp3) is 0.0526. The Morgan fingerprint density at radius 1 is 0.774 bits per heavy atom. The van der Waals surface area contributed by atoms with Crippen molar-refractivity contribution in [3.63, 3.8) is 0 Å². The lowest BCUT2D eigenvalue weighted by molar-refractivity contribution is 0.270. The Morgan fingerprint density at radius 2 is 1.45 bits per heavy atom. The van der Waals surface area contributed by atoms with E-state index in [1.807, 2.05) is 54.6 Å². The molecular weight excluding hydrogens is 443 g/mol. The second kappa shape index (κ2) is 9.37. The van der Waals surface area contributed by atoms with Crippen molar-refractivity contribution < 1.29 is 9.47 Å². The van der Waals surface area contributed by atoms with E-state index < -0.39 is 0 Å². The highest BCUT2D eigenvalue weighted by Gasteiger charge is 2.09. The number of aromatic nitrogens is 6. The van der Waals surface area contributed by atoms with E-state index in [4.69, 9.17) is 38.4 Å². The molecule has 0 amide bonds. The van der Waals surface area contributed by atoms with Crippen LogP contribution in [0.25, 0.3) is 0 Å². The van der Waals surface area contributed by atoms with Gasteiger partial charge in [0.1, 0.15) is 11.5 Å². The molecule has 156 valence electrons. The Labute approximate surface area is 186 Å². The number of nitrogens with zero attached hydrogens (tertiary/aromatic N) is 6. The molecule has 0 spiro atoms. The lowest BCUT2D eigenvalue weighted by Gasteiger charge is -2.09. The number of anilines is 3. The summed E-state index contributed by atoms with van der Waals surface area (Å²) >= 11 is 11.4. The molecule has 10 nitrogen and oxygen atoms in total. The quantitative estimate of drug-likeness (QED) is 0.418. The Bertz CT molecular complexity index is 1160. The summed E-state index contributed by atoms with van der Waals surface area (Å²) in [5.74, 6) is 1.96. The Morgan fingerprint density at radius 3 is 2.16 bits per heavy atom. The van der Waals surface area contributed by atoms with Crippen LogP contribution < -0.4 is 20.5 Å². The molecule has 0 aliphatic rings. The van der Waals surface area contributed by atoms with Crippen molar-refractivity contribution in [2.75, 3.05) is 11.1 Å². The maximum Gasteiger partial charge on any atom is 0.322 e. The molecule has 4 rings (SSSR count). The van der Waals surface area contributed by atoms with E-state index in [2.05, 4.69) is 35.2 Å². The van der Waals surface area contributed by atoms with Crippen LogP contribution in [0, 0.1) is 0 Å². The van der Waals surface area contributed by atoms with Gasteiger partial charge < -0.3 is 20.5 Å². The maximum absolute atomic E-state index is 5.78. The number of benzene rings is 2. The number of hydrogen-bond donors (Lipinski definition) is 2. The molecule has 0 radical (unpaired) electrons. The summed E-state index contributed by atoms with van der Waals surface area (Å²) in [6.45, 7) is -0.0814. The number of nitrogens with one attached hydrogen (secondary N) is 1. The number of ether oxygens (including phenoxy) is 2. The number of nitrogen functional groups attached to an aromatic ring is 1. The highest BCUT2D eigenvalue weighted by molar-refractivity contribution is 6.31. The van der Waals surface area contributed by atoms with Crippen molar-refractivity contribution in [1.82, 2.24) is 29.9 Å². The van der Waals surface area contributed by atoms with Gasteiger partial charge in [0.05, 0.1) is 0 Å². The number of halogens is 2. The van der Waals surface area contributed by atoms with Gasteiger partial charge in [-0.05, 0) is 59.6 Å². The second-order valence-electron chi connectivity index (χ2n) is 5.94. The zero-order valence-corrected chi connectivity index (χ0v) is 17.2. The van der Waals surface area contributed by atoms with Crippen LogP contribution in [-0.2, 0) is 6.61 Å². The zero-order chi connectivity index (χ0) is 21.6. The molecule has 0 saturated heterocycles. The van der Waals surface area contributed by atoms with Crippen molar-refractivity contribution in [2.24, 2.45) is 0 Å². The molecule has 0 atom stereocenters. The number of rotatable bonds is 7. The van der Waals surface area contributed by atoms with E-state index in [1.54, 1.807) is 0 Å². The van der Waals surface area contributed by atoms with Crippen LogP contribution in [-0.4, -0.2) is 29.9 Å². The molecule has 0 bridgehead atoms. The number of hydrogen-bond acceptors (Lipinski definition) is 10. The first kappa shape index (κ1) is 20.5. The summed E-state index contributed by atoms with van der Waals surface area (Å²) in [5, 5.41) is 2.87. The molecular formula is C19H14Cl2N8O2. The smallest absolute Gasteiger partial charge is 0.322 e. The van der Waals surface area contributed by atoms with Crippen molar-refractivity contribution in [3.05, 3.63) is 71.0 Å². The van der Waals surface area contributed by atoms with Gasteiger partial charge >= 0.3 is 6.01 Å². The highest BCUT2D eigenvalue weighted by atomic mass is 35.5. The summed E-state index contributed by atoms with van der Waals surface area (Å²) in [7, 11) is 0. The summed E-state index contributed by atoms with van der Waals surface area (Å²) in [4.78, 5) is 23.6. The van der Waals surface area contributed by atoms with Crippen LogP contribution in [0.5, 0.6) is 17.5 Å². The Balaban J connectivity index is 1.42. The molecule has 2 aromatic heterocycles. The first-order valence-electron chi connectivity index (χ1n) is 8.84.